The fraction of sp³-hybridized carbons (Fsp3) is 0.412. The molecule has 2 atom stereocenters. The molecule has 0 spiro atoms. The van der Waals surface area contributed by atoms with Crippen molar-refractivity contribution in [3.05, 3.63) is 30.3 Å². The molecule has 0 aliphatic carbocycles. The quantitative estimate of drug-likeness (QED) is 0.735. The Balaban J connectivity index is 1.67. The van der Waals surface area contributed by atoms with Gasteiger partial charge in [-0.3, -0.25) is 0 Å². The third-order valence-corrected chi connectivity index (χ3v) is 3.80. The van der Waals surface area contributed by atoms with Gasteiger partial charge in [-0.2, -0.15) is 0 Å². The maximum Gasteiger partial charge on any atom is 0.169 e. The van der Waals surface area contributed by atoms with Gasteiger partial charge in [0.15, 0.2) is 11.5 Å². The topological polar surface area (TPSA) is 52.8 Å². The molecule has 2 unspecified atom stereocenters. The van der Waals surface area contributed by atoms with Gasteiger partial charge in [0, 0.05) is 10.8 Å². The summed E-state index contributed by atoms with van der Waals surface area (Å²) < 4.78 is 27.6. The van der Waals surface area contributed by atoms with Crippen molar-refractivity contribution in [2.45, 2.75) is 12.2 Å². The molecule has 5 nitrogen and oxygen atoms in total. The molecule has 0 N–H and O–H groups in total. The predicted octanol–water partition coefficient (Wildman–Crippen LogP) is 2.40. The Labute approximate surface area is 128 Å². The largest absolute Gasteiger partial charge is 0.493 e. The summed E-state index contributed by atoms with van der Waals surface area (Å²) in [5.74, 6) is 2.29. The van der Waals surface area contributed by atoms with Gasteiger partial charge >= 0.3 is 0 Å². The van der Waals surface area contributed by atoms with Gasteiger partial charge in [0.1, 0.15) is 31.2 Å². The standard InChI is InChI=1S/C17H18O5/c1-18-16-6-5-13-14(17(16)22-10-12-8-20-12)3-2-4-15(13)21-9-11-7-19-11/h2-6,11-12H,7-10H2,1H3. The molecular weight excluding hydrogens is 284 g/mol. The first kappa shape index (κ1) is 13.7. The van der Waals surface area contributed by atoms with Crippen molar-refractivity contribution in [2.75, 3.05) is 33.5 Å². The zero-order chi connectivity index (χ0) is 14.9. The highest BCUT2D eigenvalue weighted by atomic mass is 16.6. The zero-order valence-electron chi connectivity index (χ0n) is 12.4. The molecule has 2 aromatic carbocycles. The lowest BCUT2D eigenvalue weighted by Crippen LogP contribution is -2.06. The first-order valence-corrected chi connectivity index (χ1v) is 7.43. The van der Waals surface area contributed by atoms with Crippen LogP contribution in [0.5, 0.6) is 17.2 Å². The van der Waals surface area contributed by atoms with Crippen molar-refractivity contribution < 1.29 is 23.7 Å². The fourth-order valence-electron chi connectivity index (χ4n) is 2.40. The second-order valence-electron chi connectivity index (χ2n) is 5.48. The van der Waals surface area contributed by atoms with Crippen LogP contribution in [0.1, 0.15) is 0 Å². The summed E-state index contributed by atoms with van der Waals surface area (Å²) in [4.78, 5) is 0. The van der Waals surface area contributed by atoms with Crippen LogP contribution in [0.3, 0.4) is 0 Å². The number of hydrogen-bond acceptors (Lipinski definition) is 5. The monoisotopic (exact) mass is 302 g/mol. The summed E-state index contributed by atoms with van der Waals surface area (Å²) in [5.41, 5.74) is 0. The van der Waals surface area contributed by atoms with Crippen LogP contribution in [0.15, 0.2) is 30.3 Å². The molecule has 0 bridgehead atoms. The second kappa shape index (κ2) is 5.66. The van der Waals surface area contributed by atoms with Crippen LogP contribution in [0.2, 0.25) is 0 Å². The summed E-state index contributed by atoms with van der Waals surface area (Å²) in [6, 6.07) is 9.85. The second-order valence-corrected chi connectivity index (χ2v) is 5.48. The van der Waals surface area contributed by atoms with Gasteiger partial charge in [-0.25, -0.2) is 0 Å². The minimum atomic E-state index is 0.200. The first-order chi connectivity index (χ1) is 10.8. The Morgan fingerprint density at radius 1 is 0.909 bits per heavy atom. The highest BCUT2D eigenvalue weighted by molar-refractivity contribution is 5.95. The Bertz CT molecular complexity index is 676. The third kappa shape index (κ3) is 2.82. The SMILES string of the molecule is COc1ccc2c(OCC3CO3)cccc2c1OCC1CO1. The van der Waals surface area contributed by atoms with E-state index in [9.17, 15) is 0 Å². The van der Waals surface area contributed by atoms with E-state index in [-0.39, 0.29) is 12.2 Å². The number of benzene rings is 2. The van der Waals surface area contributed by atoms with Gasteiger partial charge in [0.2, 0.25) is 0 Å². The van der Waals surface area contributed by atoms with Crippen molar-refractivity contribution in [1.82, 2.24) is 0 Å². The van der Waals surface area contributed by atoms with Crippen molar-refractivity contribution in [3.8, 4) is 17.2 Å². The molecule has 0 radical (unpaired) electrons. The Morgan fingerprint density at radius 3 is 2.32 bits per heavy atom. The van der Waals surface area contributed by atoms with Crippen LogP contribution in [0, 0.1) is 0 Å². The van der Waals surface area contributed by atoms with Crippen LogP contribution in [-0.2, 0) is 9.47 Å². The summed E-state index contributed by atoms with van der Waals surface area (Å²) in [6.07, 6.45) is 0.433. The highest BCUT2D eigenvalue weighted by Crippen LogP contribution is 2.39. The molecule has 0 saturated carbocycles. The molecule has 2 saturated heterocycles. The average molecular weight is 302 g/mol. The molecule has 2 aromatic rings. The molecule has 0 amide bonds. The van der Waals surface area contributed by atoms with E-state index in [2.05, 4.69) is 0 Å². The zero-order valence-corrected chi connectivity index (χ0v) is 12.4. The Morgan fingerprint density at radius 2 is 1.64 bits per heavy atom. The molecule has 4 rings (SSSR count). The van der Waals surface area contributed by atoms with Gasteiger partial charge < -0.3 is 23.7 Å². The molecule has 2 fully saturated rings. The van der Waals surface area contributed by atoms with E-state index in [0.717, 1.165) is 41.2 Å². The normalized spacial score (nSPS) is 22.4. The van der Waals surface area contributed by atoms with Crippen molar-refractivity contribution in [1.29, 1.82) is 0 Å². The van der Waals surface area contributed by atoms with E-state index in [4.69, 9.17) is 23.7 Å². The van der Waals surface area contributed by atoms with Crippen molar-refractivity contribution in [2.24, 2.45) is 0 Å². The molecule has 5 heteroatoms. The van der Waals surface area contributed by atoms with Crippen LogP contribution in [-0.4, -0.2) is 45.7 Å². The van der Waals surface area contributed by atoms with E-state index < -0.39 is 0 Å². The van der Waals surface area contributed by atoms with E-state index in [0.29, 0.717) is 13.2 Å². The lowest BCUT2D eigenvalue weighted by Gasteiger charge is -2.15. The van der Waals surface area contributed by atoms with E-state index >= 15 is 0 Å². The number of ether oxygens (including phenoxy) is 5. The molecule has 2 heterocycles. The third-order valence-electron chi connectivity index (χ3n) is 3.80. The maximum absolute atomic E-state index is 5.93. The number of epoxide rings is 2. The minimum absolute atomic E-state index is 0.200. The van der Waals surface area contributed by atoms with Gasteiger partial charge in [-0.15, -0.1) is 0 Å². The summed E-state index contributed by atoms with van der Waals surface area (Å²) in [7, 11) is 1.65. The minimum Gasteiger partial charge on any atom is -0.493 e. The summed E-state index contributed by atoms with van der Waals surface area (Å²) >= 11 is 0. The van der Waals surface area contributed by atoms with Crippen molar-refractivity contribution in [3.63, 3.8) is 0 Å². The molecule has 2 aliphatic rings. The Kier molecular flexibility index (Phi) is 3.52. The molecule has 0 aromatic heterocycles. The van der Waals surface area contributed by atoms with Crippen LogP contribution in [0.4, 0.5) is 0 Å². The maximum atomic E-state index is 5.93. The number of fused-ring (bicyclic) bond motifs is 1. The van der Waals surface area contributed by atoms with E-state index in [1.54, 1.807) is 7.11 Å². The summed E-state index contributed by atoms with van der Waals surface area (Å²) in [5, 5.41) is 1.99. The molecule has 2 aliphatic heterocycles. The first-order valence-electron chi connectivity index (χ1n) is 7.43. The van der Waals surface area contributed by atoms with Crippen LogP contribution in [0.25, 0.3) is 10.8 Å². The van der Waals surface area contributed by atoms with Gasteiger partial charge in [-0.1, -0.05) is 12.1 Å². The Hall–Kier alpha value is -1.98. The fourth-order valence-corrected chi connectivity index (χ4v) is 2.40. The van der Waals surface area contributed by atoms with Crippen molar-refractivity contribution >= 4 is 10.8 Å². The number of methoxy groups -OCH3 is 1. The van der Waals surface area contributed by atoms with Gasteiger partial charge in [0.25, 0.3) is 0 Å². The number of hydrogen-bond donors (Lipinski definition) is 0. The lowest BCUT2D eigenvalue weighted by molar-refractivity contribution is 0.254. The van der Waals surface area contributed by atoms with Gasteiger partial charge in [-0.05, 0) is 18.2 Å². The predicted molar refractivity (Wildman–Crippen MR) is 81.0 cm³/mol. The van der Waals surface area contributed by atoms with Crippen LogP contribution < -0.4 is 14.2 Å². The van der Waals surface area contributed by atoms with E-state index in [1.165, 1.54) is 0 Å². The van der Waals surface area contributed by atoms with E-state index in [1.807, 2.05) is 30.3 Å². The molecular formula is C17H18O5. The summed E-state index contributed by atoms with van der Waals surface area (Å²) in [6.45, 7) is 2.67. The lowest BCUT2D eigenvalue weighted by atomic mass is 10.1. The smallest absolute Gasteiger partial charge is 0.169 e. The molecule has 22 heavy (non-hydrogen) atoms. The van der Waals surface area contributed by atoms with Crippen LogP contribution >= 0.6 is 0 Å². The van der Waals surface area contributed by atoms with Gasteiger partial charge in [0.05, 0.1) is 20.3 Å². The average Bonchev–Trinajstić information content (AvgIpc) is 3.45. The highest BCUT2D eigenvalue weighted by Gasteiger charge is 2.25. The molecule has 116 valence electrons. The number of rotatable bonds is 7.